The molecule has 0 heterocycles. The molecule has 0 saturated carbocycles. The van der Waals surface area contributed by atoms with Gasteiger partial charge in [-0.1, -0.05) is 90.1 Å². The van der Waals surface area contributed by atoms with E-state index >= 15 is 0 Å². The van der Waals surface area contributed by atoms with E-state index in [4.69, 9.17) is 11.6 Å². The number of hydrogen-bond donors (Lipinski definition) is 1. The van der Waals surface area contributed by atoms with Gasteiger partial charge in [-0.25, -0.2) is 0 Å². The molecular weight excluding hydrogens is 368 g/mol. The van der Waals surface area contributed by atoms with Gasteiger partial charge in [0.2, 0.25) is 5.12 Å². The Hall–Kier alpha value is -2.56. The summed E-state index contributed by atoms with van der Waals surface area (Å²) in [6, 6.07) is 23.3. The molecule has 0 aliphatic heterocycles. The van der Waals surface area contributed by atoms with E-state index in [9.17, 15) is 14.7 Å². The summed E-state index contributed by atoms with van der Waals surface area (Å²) >= 11 is 6.71. The molecule has 26 heavy (non-hydrogen) atoms. The van der Waals surface area contributed by atoms with Gasteiger partial charge in [0.25, 0.3) is 0 Å². The standard InChI is InChI=1S/C21H15ClO3S/c22-18-12-10-15(11-13-18)14-6-8-16(9-7-14)19(20(23)24)26-21(25)17-4-2-1-3-5-17/h1-13,19H,(H,23,24). The van der Waals surface area contributed by atoms with E-state index in [2.05, 4.69) is 0 Å². The van der Waals surface area contributed by atoms with Crippen LogP contribution >= 0.6 is 23.4 Å². The van der Waals surface area contributed by atoms with Crippen molar-refractivity contribution in [2.45, 2.75) is 5.25 Å². The number of carbonyl (C=O) groups excluding carboxylic acids is 1. The number of carboxylic acid groups (broad SMARTS) is 1. The third kappa shape index (κ3) is 4.34. The zero-order valence-electron chi connectivity index (χ0n) is 13.6. The molecule has 1 atom stereocenters. The van der Waals surface area contributed by atoms with E-state index in [0.29, 0.717) is 16.1 Å². The van der Waals surface area contributed by atoms with Gasteiger partial charge in [0.15, 0.2) is 0 Å². The lowest BCUT2D eigenvalue weighted by molar-refractivity contribution is -0.136. The van der Waals surface area contributed by atoms with Gasteiger partial charge in [-0.15, -0.1) is 0 Å². The molecule has 0 amide bonds. The zero-order valence-corrected chi connectivity index (χ0v) is 15.2. The van der Waals surface area contributed by atoms with Gasteiger partial charge in [0, 0.05) is 10.6 Å². The maximum absolute atomic E-state index is 12.3. The summed E-state index contributed by atoms with van der Waals surface area (Å²) < 4.78 is 0. The molecule has 0 saturated heterocycles. The molecule has 0 aliphatic carbocycles. The van der Waals surface area contributed by atoms with E-state index < -0.39 is 11.2 Å². The molecule has 1 unspecified atom stereocenters. The zero-order chi connectivity index (χ0) is 18.5. The molecule has 0 aromatic heterocycles. The third-order valence-electron chi connectivity index (χ3n) is 3.85. The van der Waals surface area contributed by atoms with E-state index in [1.807, 2.05) is 30.3 Å². The Kier molecular flexibility index (Phi) is 5.76. The predicted molar refractivity (Wildman–Crippen MR) is 106 cm³/mol. The van der Waals surface area contributed by atoms with Crippen LogP contribution in [0.5, 0.6) is 0 Å². The molecule has 0 fully saturated rings. The normalized spacial score (nSPS) is 11.7. The molecule has 1 N–H and O–H groups in total. The Morgan fingerprint density at radius 2 is 1.35 bits per heavy atom. The maximum Gasteiger partial charge on any atom is 0.321 e. The number of hydrogen-bond acceptors (Lipinski definition) is 3. The highest BCUT2D eigenvalue weighted by Crippen LogP contribution is 2.33. The summed E-state index contributed by atoms with van der Waals surface area (Å²) in [6.45, 7) is 0. The number of aliphatic carboxylic acids is 1. The van der Waals surface area contributed by atoms with Crippen molar-refractivity contribution in [3.05, 3.63) is 95.0 Å². The average molecular weight is 383 g/mol. The number of carbonyl (C=O) groups is 2. The minimum absolute atomic E-state index is 0.264. The van der Waals surface area contributed by atoms with Crippen molar-refractivity contribution in [2.75, 3.05) is 0 Å². The Morgan fingerprint density at radius 1 is 0.808 bits per heavy atom. The monoisotopic (exact) mass is 382 g/mol. The summed E-state index contributed by atoms with van der Waals surface area (Å²) in [4.78, 5) is 24.0. The number of thioether (sulfide) groups is 1. The lowest BCUT2D eigenvalue weighted by Gasteiger charge is -2.12. The van der Waals surface area contributed by atoms with Crippen LogP contribution in [0.2, 0.25) is 5.02 Å². The van der Waals surface area contributed by atoms with Crippen LogP contribution in [0.4, 0.5) is 0 Å². The van der Waals surface area contributed by atoms with Crippen molar-refractivity contribution in [3.8, 4) is 11.1 Å². The summed E-state index contributed by atoms with van der Waals surface area (Å²) in [6.07, 6.45) is 0. The Balaban J connectivity index is 1.81. The second-order valence-electron chi connectivity index (χ2n) is 5.62. The molecule has 130 valence electrons. The van der Waals surface area contributed by atoms with Gasteiger partial charge >= 0.3 is 5.97 Å². The summed E-state index contributed by atoms with van der Waals surface area (Å²) in [5, 5.41) is 8.99. The fourth-order valence-electron chi connectivity index (χ4n) is 2.50. The molecule has 3 aromatic carbocycles. The lowest BCUT2D eigenvalue weighted by Crippen LogP contribution is -2.11. The highest BCUT2D eigenvalue weighted by atomic mass is 35.5. The van der Waals surface area contributed by atoms with Crippen LogP contribution in [-0.2, 0) is 4.79 Å². The topological polar surface area (TPSA) is 54.4 Å². The lowest BCUT2D eigenvalue weighted by atomic mass is 10.0. The molecule has 3 rings (SSSR count). The van der Waals surface area contributed by atoms with E-state index in [-0.39, 0.29) is 5.12 Å². The van der Waals surface area contributed by atoms with Gasteiger partial charge < -0.3 is 5.11 Å². The van der Waals surface area contributed by atoms with E-state index in [1.165, 1.54) is 0 Å². The van der Waals surface area contributed by atoms with Crippen LogP contribution in [0.1, 0.15) is 21.2 Å². The average Bonchev–Trinajstić information content (AvgIpc) is 2.67. The van der Waals surface area contributed by atoms with Crippen LogP contribution in [-0.4, -0.2) is 16.2 Å². The van der Waals surface area contributed by atoms with Gasteiger partial charge in [-0.2, -0.15) is 0 Å². The fraction of sp³-hybridized carbons (Fsp3) is 0.0476. The largest absolute Gasteiger partial charge is 0.480 e. The van der Waals surface area contributed by atoms with Gasteiger partial charge in [0.1, 0.15) is 5.25 Å². The van der Waals surface area contributed by atoms with Gasteiger partial charge in [0.05, 0.1) is 0 Å². The van der Waals surface area contributed by atoms with Crippen LogP contribution in [0.25, 0.3) is 11.1 Å². The van der Waals surface area contributed by atoms with Crippen LogP contribution in [0.15, 0.2) is 78.9 Å². The maximum atomic E-state index is 12.3. The Labute approximate surface area is 160 Å². The summed E-state index contributed by atoms with van der Waals surface area (Å²) in [7, 11) is 0. The minimum Gasteiger partial charge on any atom is -0.480 e. The molecular formula is C21H15ClO3S. The minimum atomic E-state index is -1.04. The van der Waals surface area contributed by atoms with Crippen LogP contribution in [0, 0.1) is 0 Å². The first kappa shape index (κ1) is 18.2. The predicted octanol–water partition coefficient (Wildman–Crippen LogP) is 5.71. The van der Waals surface area contributed by atoms with Crippen molar-refractivity contribution < 1.29 is 14.7 Å². The molecule has 3 aromatic rings. The first-order chi connectivity index (χ1) is 12.5. The molecule has 3 nitrogen and oxygen atoms in total. The smallest absolute Gasteiger partial charge is 0.321 e. The molecule has 0 radical (unpaired) electrons. The number of halogens is 1. The van der Waals surface area contributed by atoms with Crippen LogP contribution in [0.3, 0.4) is 0 Å². The number of rotatable bonds is 5. The quantitative estimate of drug-likeness (QED) is 0.614. The highest BCUT2D eigenvalue weighted by Gasteiger charge is 2.24. The second kappa shape index (κ2) is 8.21. The SMILES string of the molecule is O=C(SC(C(=O)O)c1ccc(-c2ccc(Cl)cc2)cc1)c1ccccc1. The number of benzene rings is 3. The number of carboxylic acids is 1. The highest BCUT2D eigenvalue weighted by molar-refractivity contribution is 8.14. The summed E-state index contributed by atoms with van der Waals surface area (Å²) in [5.41, 5.74) is 3.00. The molecule has 5 heteroatoms. The fourth-order valence-corrected chi connectivity index (χ4v) is 3.51. The molecule has 0 spiro atoms. The first-order valence-corrected chi connectivity index (χ1v) is 9.15. The van der Waals surface area contributed by atoms with Gasteiger partial charge in [-0.3, -0.25) is 9.59 Å². The molecule has 0 bridgehead atoms. The van der Waals surface area contributed by atoms with Crippen molar-refractivity contribution in [1.82, 2.24) is 0 Å². The molecule has 0 aliphatic rings. The Morgan fingerprint density at radius 3 is 1.88 bits per heavy atom. The van der Waals surface area contributed by atoms with E-state index in [1.54, 1.807) is 48.5 Å². The van der Waals surface area contributed by atoms with E-state index in [0.717, 1.165) is 22.9 Å². The first-order valence-electron chi connectivity index (χ1n) is 7.89. The van der Waals surface area contributed by atoms with Gasteiger partial charge in [-0.05, 0) is 28.8 Å². The third-order valence-corrected chi connectivity index (χ3v) is 5.26. The van der Waals surface area contributed by atoms with Crippen molar-refractivity contribution in [3.63, 3.8) is 0 Å². The summed E-state index contributed by atoms with van der Waals surface area (Å²) in [5.74, 6) is -1.04. The second-order valence-corrected chi connectivity index (χ2v) is 7.13. The van der Waals surface area contributed by atoms with Crippen molar-refractivity contribution in [1.29, 1.82) is 0 Å². The van der Waals surface area contributed by atoms with Crippen molar-refractivity contribution in [2.24, 2.45) is 0 Å². The van der Waals surface area contributed by atoms with Crippen LogP contribution < -0.4 is 0 Å². The Bertz CT molecular complexity index is 906. The van der Waals surface area contributed by atoms with Crippen molar-refractivity contribution >= 4 is 34.4 Å².